The van der Waals surface area contributed by atoms with E-state index in [9.17, 15) is 5.11 Å². The Morgan fingerprint density at radius 3 is 2.72 bits per heavy atom. The predicted molar refractivity (Wildman–Crippen MR) is 145 cm³/mol. The molecule has 202 valence electrons. The Hall–Kier alpha value is -0.420. The van der Waals surface area contributed by atoms with E-state index in [0.29, 0.717) is 34.3 Å². The monoisotopic (exact) mass is 496 g/mol. The van der Waals surface area contributed by atoms with E-state index >= 15 is 0 Å². The molecule has 7 rings (SSSR count). The summed E-state index contributed by atoms with van der Waals surface area (Å²) < 4.78 is 7.47. The number of rotatable bonds is 3. The molecule has 0 amide bonds. The van der Waals surface area contributed by atoms with Gasteiger partial charge in [0, 0.05) is 37.0 Å². The average molecular weight is 497 g/mol. The number of likely N-dealkylation sites (N-methyl/N-ethyl adjacent to an activating group) is 1. The van der Waals surface area contributed by atoms with Gasteiger partial charge in [-0.1, -0.05) is 39.3 Å². The zero-order valence-electron chi connectivity index (χ0n) is 23.9. The summed E-state index contributed by atoms with van der Waals surface area (Å²) in [5, 5.41) is 10.4. The minimum Gasteiger partial charge on any atom is -0.393 e. The standard InChI is InChI=1S/C32H52N2O2/c1-20-15-27-28(34(18-20)14-13-33(5)6)21(2)32(36-27)12-10-25-24-8-7-22-16-23(35)9-11-29(22,3)26(24)17-31(25)19-30(31,32)4/h7,20-21,23-28,35H,8-19H2,1-6H3/t20-,21+,23-,24-,25-,26-,27+,28-,29-,30?,31?,32?/m0/s1. The molecule has 2 aliphatic heterocycles. The Kier molecular flexibility index (Phi) is 5.35. The zero-order valence-corrected chi connectivity index (χ0v) is 23.9. The molecule has 2 heterocycles. The fourth-order valence-electron chi connectivity index (χ4n) is 12.0. The van der Waals surface area contributed by atoms with E-state index in [0.717, 1.165) is 43.1 Å². The van der Waals surface area contributed by atoms with E-state index < -0.39 is 0 Å². The molecule has 2 spiro atoms. The molecule has 12 atom stereocenters. The molecule has 0 bridgehead atoms. The fourth-order valence-corrected chi connectivity index (χ4v) is 12.0. The molecule has 1 N–H and O–H groups in total. The molecule has 5 aliphatic carbocycles. The van der Waals surface area contributed by atoms with Crippen molar-refractivity contribution in [1.82, 2.24) is 9.80 Å². The molecule has 7 aliphatic rings. The van der Waals surface area contributed by atoms with Crippen LogP contribution in [-0.4, -0.2) is 72.5 Å². The summed E-state index contributed by atoms with van der Waals surface area (Å²) in [5.41, 5.74) is 2.87. The molecule has 0 aromatic carbocycles. The van der Waals surface area contributed by atoms with Crippen LogP contribution in [-0.2, 0) is 4.74 Å². The molecular formula is C32H52N2O2. The minimum absolute atomic E-state index is 0.0761. The number of likely N-dealkylation sites (tertiary alicyclic amines) is 1. The Morgan fingerprint density at radius 2 is 1.94 bits per heavy atom. The van der Waals surface area contributed by atoms with E-state index in [4.69, 9.17) is 4.74 Å². The van der Waals surface area contributed by atoms with E-state index in [1.54, 1.807) is 5.57 Å². The Balaban J connectivity index is 1.19. The van der Waals surface area contributed by atoms with Crippen LogP contribution in [0.5, 0.6) is 0 Å². The van der Waals surface area contributed by atoms with E-state index in [2.05, 4.69) is 57.7 Å². The van der Waals surface area contributed by atoms with Crippen molar-refractivity contribution < 1.29 is 9.84 Å². The van der Waals surface area contributed by atoms with Gasteiger partial charge >= 0.3 is 0 Å². The van der Waals surface area contributed by atoms with Crippen LogP contribution in [0, 0.1) is 45.8 Å². The van der Waals surface area contributed by atoms with Crippen molar-refractivity contribution in [2.24, 2.45) is 45.8 Å². The van der Waals surface area contributed by atoms with Gasteiger partial charge in [0.2, 0.25) is 0 Å². The number of ether oxygens (including phenoxy) is 1. The van der Waals surface area contributed by atoms with Crippen LogP contribution < -0.4 is 0 Å². The Bertz CT molecular complexity index is 948. The lowest BCUT2D eigenvalue weighted by atomic mass is 9.56. The molecule has 4 nitrogen and oxygen atoms in total. The molecule has 0 aromatic heterocycles. The third kappa shape index (κ3) is 2.97. The molecule has 3 unspecified atom stereocenters. The molecule has 6 fully saturated rings. The molecule has 4 heteroatoms. The summed E-state index contributed by atoms with van der Waals surface area (Å²) in [4.78, 5) is 5.18. The van der Waals surface area contributed by atoms with Crippen molar-refractivity contribution >= 4 is 0 Å². The third-order valence-electron chi connectivity index (χ3n) is 13.8. The van der Waals surface area contributed by atoms with Gasteiger partial charge in [-0.05, 0) is 106 Å². The number of hydrogen-bond donors (Lipinski definition) is 1. The van der Waals surface area contributed by atoms with E-state index in [1.807, 2.05) is 0 Å². The van der Waals surface area contributed by atoms with Crippen LogP contribution >= 0.6 is 0 Å². The summed E-state index contributed by atoms with van der Waals surface area (Å²) in [6, 6.07) is 0.599. The van der Waals surface area contributed by atoms with Gasteiger partial charge in [0.1, 0.15) is 0 Å². The first-order valence-electron chi connectivity index (χ1n) is 15.5. The number of nitrogens with zero attached hydrogens (tertiary/aromatic N) is 2. The third-order valence-corrected chi connectivity index (χ3v) is 13.8. The second-order valence-corrected chi connectivity index (χ2v) is 15.5. The maximum absolute atomic E-state index is 10.4. The van der Waals surface area contributed by atoms with Crippen LogP contribution in [0.15, 0.2) is 11.6 Å². The van der Waals surface area contributed by atoms with Gasteiger partial charge in [-0.2, -0.15) is 0 Å². The van der Waals surface area contributed by atoms with Crippen LogP contribution in [0.25, 0.3) is 0 Å². The van der Waals surface area contributed by atoms with Gasteiger partial charge in [-0.3, -0.25) is 4.90 Å². The van der Waals surface area contributed by atoms with Gasteiger partial charge in [0.15, 0.2) is 0 Å². The summed E-state index contributed by atoms with van der Waals surface area (Å²) >= 11 is 0. The van der Waals surface area contributed by atoms with Crippen LogP contribution in [0.1, 0.15) is 85.5 Å². The lowest BCUT2D eigenvalue weighted by molar-refractivity contribution is -0.148. The molecular weight excluding hydrogens is 444 g/mol. The number of aliphatic hydroxyl groups excluding tert-OH is 1. The van der Waals surface area contributed by atoms with Crippen molar-refractivity contribution in [3.8, 4) is 0 Å². The topological polar surface area (TPSA) is 35.9 Å². The van der Waals surface area contributed by atoms with Crippen molar-refractivity contribution in [2.45, 2.75) is 109 Å². The second kappa shape index (κ2) is 7.83. The maximum atomic E-state index is 10.4. The Labute approximate surface area is 220 Å². The maximum Gasteiger partial charge on any atom is 0.0787 e. The van der Waals surface area contributed by atoms with Gasteiger partial charge in [-0.25, -0.2) is 0 Å². The van der Waals surface area contributed by atoms with Crippen molar-refractivity contribution in [3.05, 3.63) is 11.6 Å². The second-order valence-electron chi connectivity index (χ2n) is 15.5. The van der Waals surface area contributed by atoms with Gasteiger partial charge in [0.25, 0.3) is 0 Å². The number of aliphatic hydroxyl groups is 1. The van der Waals surface area contributed by atoms with Gasteiger partial charge < -0.3 is 14.7 Å². The first-order chi connectivity index (χ1) is 17.0. The number of piperidine rings is 1. The van der Waals surface area contributed by atoms with Gasteiger partial charge in [-0.15, -0.1) is 0 Å². The molecule has 2 saturated heterocycles. The first kappa shape index (κ1) is 24.6. The summed E-state index contributed by atoms with van der Waals surface area (Å²) in [6.45, 7) is 13.9. The highest BCUT2D eigenvalue weighted by Gasteiger charge is 2.84. The smallest absolute Gasteiger partial charge is 0.0787 e. The zero-order chi connectivity index (χ0) is 25.3. The summed E-state index contributed by atoms with van der Waals surface area (Å²) in [7, 11) is 4.43. The molecule has 0 aromatic rings. The highest BCUT2D eigenvalue weighted by atomic mass is 16.5. The molecule has 0 radical (unpaired) electrons. The van der Waals surface area contributed by atoms with Crippen molar-refractivity contribution in [3.63, 3.8) is 0 Å². The normalized spacial score (nSPS) is 57.6. The highest BCUT2D eigenvalue weighted by Crippen LogP contribution is 2.87. The number of fused-ring (bicyclic) bond motifs is 6. The fraction of sp³-hybridized carbons (Fsp3) is 0.938. The summed E-state index contributed by atoms with van der Waals surface area (Å²) in [5.74, 6) is 3.93. The Morgan fingerprint density at radius 1 is 1.14 bits per heavy atom. The number of allylic oxidation sites excluding steroid dienone is 1. The van der Waals surface area contributed by atoms with Crippen LogP contribution in [0.3, 0.4) is 0 Å². The van der Waals surface area contributed by atoms with E-state index in [1.165, 1.54) is 58.0 Å². The van der Waals surface area contributed by atoms with Crippen molar-refractivity contribution in [1.29, 1.82) is 0 Å². The van der Waals surface area contributed by atoms with Crippen molar-refractivity contribution in [2.75, 3.05) is 33.7 Å². The largest absolute Gasteiger partial charge is 0.393 e. The average Bonchev–Trinajstić information content (AvgIpc) is 3.16. The first-order valence-corrected chi connectivity index (χ1v) is 15.5. The van der Waals surface area contributed by atoms with Crippen LogP contribution in [0.2, 0.25) is 0 Å². The van der Waals surface area contributed by atoms with Gasteiger partial charge in [0.05, 0.1) is 17.8 Å². The predicted octanol–water partition coefficient (Wildman–Crippen LogP) is 5.36. The molecule has 36 heavy (non-hydrogen) atoms. The molecule has 4 saturated carbocycles. The van der Waals surface area contributed by atoms with E-state index in [-0.39, 0.29) is 11.7 Å². The summed E-state index contributed by atoms with van der Waals surface area (Å²) in [6.07, 6.45) is 14.1. The highest BCUT2D eigenvalue weighted by molar-refractivity contribution is 5.36. The minimum atomic E-state index is -0.105. The lowest BCUT2D eigenvalue weighted by Gasteiger charge is -2.50. The lowest BCUT2D eigenvalue weighted by Crippen LogP contribution is -2.55. The number of hydrogen-bond acceptors (Lipinski definition) is 4. The van der Waals surface area contributed by atoms with Crippen LogP contribution in [0.4, 0.5) is 0 Å². The quantitative estimate of drug-likeness (QED) is 0.534. The SMILES string of the molecule is C[C@H]1C[C@H]2OC3(CC[C@H]4[C@@H]5CC=C6C[C@@H](O)CC[C@]6(C)[C@H]5CC45CC53C)[C@H](C)[C@@H]2N(CCN(C)C)C1.